The maximum atomic E-state index is 10.3. The normalized spacial score (nSPS) is 10.2. The van der Waals surface area contributed by atoms with E-state index in [0.717, 1.165) is 45.2 Å². The molecule has 5 aromatic carbocycles. The lowest BCUT2D eigenvalue weighted by Gasteiger charge is -2.11. The van der Waals surface area contributed by atoms with Gasteiger partial charge in [0.2, 0.25) is 11.8 Å². The van der Waals surface area contributed by atoms with E-state index >= 15 is 0 Å². The van der Waals surface area contributed by atoms with Gasteiger partial charge in [0.1, 0.15) is 22.5 Å². The Bertz CT molecular complexity index is 2050. The average Bonchev–Trinajstić information content (AvgIpc) is 3.70. The summed E-state index contributed by atoms with van der Waals surface area (Å²) in [6.07, 6.45) is 0. The lowest BCUT2D eigenvalue weighted by Crippen LogP contribution is -2.07. The van der Waals surface area contributed by atoms with Crippen molar-refractivity contribution in [2.24, 2.45) is 0 Å². The molecular formula is C38H40Cl2N6O6. The molecule has 0 fully saturated rings. The first-order chi connectivity index (χ1) is 23.8. The van der Waals surface area contributed by atoms with E-state index in [4.69, 9.17) is 35.6 Å². The number of fused-ring (bicyclic) bond motifs is 2. The molecule has 7 N–H and O–H groups in total. The Hall–Kier alpha value is -6.11. The smallest absolute Gasteiger partial charge is 0.335 e. The number of nitrogen functional groups attached to an aromatic ring is 2. The van der Waals surface area contributed by atoms with E-state index in [2.05, 4.69) is 19.8 Å². The van der Waals surface area contributed by atoms with Crippen molar-refractivity contribution in [1.82, 2.24) is 9.97 Å². The first-order valence-corrected chi connectivity index (χ1v) is 15.4. The summed E-state index contributed by atoms with van der Waals surface area (Å²) < 4.78 is 12.0. The molecule has 12 nitrogen and oxygen atoms in total. The molecule has 14 heteroatoms. The highest BCUT2D eigenvalue weighted by Crippen LogP contribution is 2.32. The van der Waals surface area contributed by atoms with E-state index in [1.54, 1.807) is 24.3 Å². The number of nitrogens with zero attached hydrogens (tertiary/aromatic N) is 4. The van der Waals surface area contributed by atoms with Gasteiger partial charge in [0, 0.05) is 62.8 Å². The number of halogens is 2. The lowest BCUT2D eigenvalue weighted by molar-refractivity contribution is 0.0697. The number of carboxylic acids is 1. The number of hydrogen-bond acceptors (Lipinski definition) is 11. The number of benzene rings is 5. The van der Waals surface area contributed by atoms with Crippen molar-refractivity contribution >= 4 is 75.7 Å². The number of anilines is 4. The zero-order valence-corrected chi connectivity index (χ0v) is 30.7. The molecular weight excluding hydrogens is 707 g/mol. The zero-order valence-electron chi connectivity index (χ0n) is 29.1. The summed E-state index contributed by atoms with van der Waals surface area (Å²) in [5.41, 5.74) is 19.2. The van der Waals surface area contributed by atoms with Gasteiger partial charge in [-0.3, -0.25) is 0 Å². The van der Waals surface area contributed by atoms with Gasteiger partial charge in [0.05, 0.1) is 16.9 Å². The molecule has 0 aliphatic heterocycles. The standard InChI is InChI=1S/C24H22N4O2.C8H8O2.C6H8N2O2.2ClH/c1-27(2)17-9-5-15(6-10-17)23-25-19-13-20-22(14-21(19)29-23)30-24(26-20)16-7-11-18(12-8-16)28(3)4;1-6-2-4-7(5-3-6)8(9)10;7-3-1-4(8)6(10)2-5(3)9;;/h5-14H,1-4H3;2-5H,1H3,(H,9,10);1-2,9-10H,7-8H2;2*1H. The van der Waals surface area contributed by atoms with Crippen LogP contribution in [0, 0.1) is 6.92 Å². The van der Waals surface area contributed by atoms with Crippen LogP contribution in [0.1, 0.15) is 15.9 Å². The molecule has 0 saturated heterocycles. The van der Waals surface area contributed by atoms with Gasteiger partial charge in [-0.1, -0.05) is 17.7 Å². The van der Waals surface area contributed by atoms with Crippen molar-refractivity contribution in [3.05, 3.63) is 108 Å². The van der Waals surface area contributed by atoms with Crippen molar-refractivity contribution in [2.75, 3.05) is 49.5 Å². The number of oxazole rings is 2. The summed E-state index contributed by atoms with van der Waals surface area (Å²) in [6.45, 7) is 1.92. The summed E-state index contributed by atoms with van der Waals surface area (Å²) in [4.78, 5) is 23.7. The number of hydrogen-bond donors (Lipinski definition) is 5. The first kappa shape index (κ1) is 40.3. The minimum atomic E-state index is -0.875. The molecule has 0 spiro atoms. The third-order valence-corrected chi connectivity index (χ3v) is 7.63. The zero-order chi connectivity index (χ0) is 36.1. The second kappa shape index (κ2) is 17.2. The predicted octanol–water partition coefficient (Wildman–Crippen LogP) is 8.23. The van der Waals surface area contributed by atoms with Crippen LogP contribution in [0.2, 0.25) is 0 Å². The van der Waals surface area contributed by atoms with Crippen LogP contribution in [0.5, 0.6) is 11.5 Å². The number of phenolic OH excluding ortho intramolecular Hbond substituents is 2. The molecule has 7 aromatic rings. The highest BCUT2D eigenvalue weighted by Gasteiger charge is 2.14. The molecule has 0 aliphatic carbocycles. The second-order valence-electron chi connectivity index (χ2n) is 11.8. The SMILES string of the molecule is CN(C)c1ccc(-c2nc3cc4nc(-c5ccc(N(C)C)cc5)oc4cc3o2)cc1.Cc1ccc(C(=O)O)cc1.Cl.Cl.Nc1cc(N)c(O)cc1O. The number of phenols is 2. The monoisotopic (exact) mass is 746 g/mol. The molecule has 0 radical (unpaired) electrons. The Morgan fingerprint density at radius 3 is 1.37 bits per heavy atom. The number of aryl methyl sites for hydroxylation is 1. The summed E-state index contributed by atoms with van der Waals surface area (Å²) in [6, 6.07) is 29.2. The van der Waals surface area contributed by atoms with E-state index in [1.165, 1.54) is 6.07 Å². The van der Waals surface area contributed by atoms with Crippen LogP contribution >= 0.6 is 24.8 Å². The minimum Gasteiger partial charge on any atom is -0.506 e. The largest absolute Gasteiger partial charge is 0.506 e. The maximum Gasteiger partial charge on any atom is 0.335 e. The Balaban J connectivity index is 0.000000273. The van der Waals surface area contributed by atoms with Gasteiger partial charge in [-0.2, -0.15) is 0 Å². The number of aromatic hydroxyl groups is 2. The van der Waals surface area contributed by atoms with Crippen molar-refractivity contribution in [3.63, 3.8) is 0 Å². The molecule has 0 aliphatic rings. The average molecular weight is 748 g/mol. The quantitative estimate of drug-likeness (QED) is 0.0646. The Labute approximate surface area is 312 Å². The number of aromatic carboxylic acids is 1. The second-order valence-corrected chi connectivity index (χ2v) is 11.8. The topological polar surface area (TPSA) is 188 Å². The maximum absolute atomic E-state index is 10.3. The lowest BCUT2D eigenvalue weighted by atomic mass is 10.2. The van der Waals surface area contributed by atoms with E-state index < -0.39 is 5.97 Å². The Kier molecular flexibility index (Phi) is 13.3. The third-order valence-electron chi connectivity index (χ3n) is 7.63. The first-order valence-electron chi connectivity index (χ1n) is 15.4. The molecule has 7 rings (SSSR count). The van der Waals surface area contributed by atoms with Gasteiger partial charge in [-0.05, 0) is 79.7 Å². The van der Waals surface area contributed by atoms with E-state index in [1.807, 2.05) is 95.8 Å². The third kappa shape index (κ3) is 9.56. The highest BCUT2D eigenvalue weighted by molar-refractivity contribution is 5.91. The van der Waals surface area contributed by atoms with E-state index in [-0.39, 0.29) is 47.7 Å². The fourth-order valence-electron chi connectivity index (χ4n) is 4.71. The van der Waals surface area contributed by atoms with E-state index in [0.29, 0.717) is 28.5 Å². The molecule has 0 amide bonds. The summed E-state index contributed by atoms with van der Waals surface area (Å²) >= 11 is 0. The molecule has 2 heterocycles. The number of carbonyl (C=O) groups is 1. The molecule has 0 bridgehead atoms. The van der Waals surface area contributed by atoms with Crippen molar-refractivity contribution in [2.45, 2.75) is 6.92 Å². The van der Waals surface area contributed by atoms with E-state index in [9.17, 15) is 4.79 Å². The summed E-state index contributed by atoms with van der Waals surface area (Å²) in [5, 5.41) is 26.2. The Morgan fingerprint density at radius 1 is 0.615 bits per heavy atom. The van der Waals surface area contributed by atoms with Crippen LogP contribution < -0.4 is 21.3 Å². The van der Waals surface area contributed by atoms with Crippen molar-refractivity contribution in [1.29, 1.82) is 0 Å². The summed E-state index contributed by atoms with van der Waals surface area (Å²) in [7, 11) is 8.06. The van der Waals surface area contributed by atoms with Crippen LogP contribution in [0.25, 0.3) is 45.1 Å². The molecule has 0 saturated carbocycles. The highest BCUT2D eigenvalue weighted by atomic mass is 35.5. The van der Waals surface area contributed by atoms with Gasteiger partial charge in [-0.25, -0.2) is 14.8 Å². The molecule has 272 valence electrons. The fraction of sp³-hybridized carbons (Fsp3) is 0.132. The minimum absolute atomic E-state index is 0. The van der Waals surface area contributed by atoms with Crippen LogP contribution in [0.15, 0.2) is 106 Å². The number of rotatable bonds is 5. The van der Waals surface area contributed by atoms with Crippen LogP contribution in [0.3, 0.4) is 0 Å². The van der Waals surface area contributed by atoms with Crippen LogP contribution in [-0.2, 0) is 0 Å². The summed E-state index contributed by atoms with van der Waals surface area (Å²) in [5.74, 6) is -0.0247. The van der Waals surface area contributed by atoms with Gasteiger partial charge < -0.3 is 45.4 Å². The molecule has 2 aromatic heterocycles. The number of carboxylic acid groups (broad SMARTS) is 1. The van der Waals surface area contributed by atoms with Crippen LogP contribution in [0.4, 0.5) is 22.7 Å². The van der Waals surface area contributed by atoms with Crippen LogP contribution in [-0.4, -0.2) is 59.4 Å². The van der Waals surface area contributed by atoms with Gasteiger partial charge in [0.25, 0.3) is 0 Å². The van der Waals surface area contributed by atoms with Gasteiger partial charge in [0.15, 0.2) is 11.2 Å². The predicted molar refractivity (Wildman–Crippen MR) is 212 cm³/mol. The molecule has 0 unspecified atom stereocenters. The Morgan fingerprint density at radius 2 is 1.02 bits per heavy atom. The molecule has 52 heavy (non-hydrogen) atoms. The number of nitrogens with two attached hydrogens (primary N) is 2. The van der Waals surface area contributed by atoms with Gasteiger partial charge >= 0.3 is 5.97 Å². The molecule has 0 atom stereocenters. The van der Waals surface area contributed by atoms with Gasteiger partial charge in [-0.15, -0.1) is 24.8 Å². The fourth-order valence-corrected chi connectivity index (χ4v) is 4.71. The van der Waals surface area contributed by atoms with Crippen molar-refractivity contribution in [3.8, 4) is 34.4 Å². The number of aromatic nitrogens is 2. The van der Waals surface area contributed by atoms with Crippen molar-refractivity contribution < 1.29 is 28.9 Å².